The van der Waals surface area contributed by atoms with Gasteiger partial charge < -0.3 is 9.84 Å². The van der Waals surface area contributed by atoms with Crippen molar-refractivity contribution in [2.24, 2.45) is 0 Å². The fourth-order valence-corrected chi connectivity index (χ4v) is 2.08. The Morgan fingerprint density at radius 2 is 2.08 bits per heavy atom. The number of benzene rings is 1. The highest BCUT2D eigenvalue weighted by molar-refractivity contribution is 5.36. The summed E-state index contributed by atoms with van der Waals surface area (Å²) in [6.45, 7) is 0.680. The van der Waals surface area contributed by atoms with Crippen molar-refractivity contribution in [3.63, 3.8) is 0 Å². The first-order valence-electron chi connectivity index (χ1n) is 7.41. The van der Waals surface area contributed by atoms with Gasteiger partial charge in [0.15, 0.2) is 0 Å². The van der Waals surface area contributed by atoms with Crippen molar-refractivity contribution in [1.29, 1.82) is 0 Å². The number of halogens is 2. The highest BCUT2D eigenvalue weighted by Gasteiger charge is 2.24. The molecular weight excluding hydrogens is 332 g/mol. The SMILES string of the molecule is CC(F)(F)c1cccc(-n2cc(COc3nccc(CO)n3)nn2)c1. The van der Waals surface area contributed by atoms with E-state index in [1.54, 1.807) is 18.3 Å². The first-order chi connectivity index (χ1) is 12.0. The molecule has 9 heteroatoms. The molecule has 7 nitrogen and oxygen atoms in total. The van der Waals surface area contributed by atoms with E-state index in [1.165, 1.54) is 29.1 Å². The quantitative estimate of drug-likeness (QED) is 0.736. The van der Waals surface area contributed by atoms with Crippen molar-refractivity contribution in [2.75, 3.05) is 0 Å². The molecular formula is C16H15F2N5O2. The molecule has 0 aliphatic rings. The minimum Gasteiger partial charge on any atom is -0.457 e. The molecule has 0 aliphatic heterocycles. The molecule has 0 fully saturated rings. The molecule has 0 saturated heterocycles. The van der Waals surface area contributed by atoms with E-state index in [1.807, 2.05) is 0 Å². The van der Waals surface area contributed by atoms with Crippen molar-refractivity contribution >= 4 is 0 Å². The van der Waals surface area contributed by atoms with Crippen LogP contribution in [-0.4, -0.2) is 30.1 Å². The van der Waals surface area contributed by atoms with Crippen LogP contribution in [0.25, 0.3) is 5.69 Å². The third-order valence-electron chi connectivity index (χ3n) is 3.36. The van der Waals surface area contributed by atoms with E-state index < -0.39 is 5.92 Å². The van der Waals surface area contributed by atoms with Gasteiger partial charge in [-0.05, 0) is 18.2 Å². The van der Waals surface area contributed by atoms with Gasteiger partial charge in [0.05, 0.1) is 24.2 Å². The second kappa shape index (κ2) is 6.89. The van der Waals surface area contributed by atoms with Crippen LogP contribution in [0.15, 0.2) is 42.7 Å². The number of hydrogen-bond donors (Lipinski definition) is 1. The number of nitrogens with zero attached hydrogens (tertiary/aromatic N) is 5. The molecule has 1 aromatic carbocycles. The van der Waals surface area contributed by atoms with Crippen molar-refractivity contribution < 1.29 is 18.6 Å². The number of hydrogen-bond acceptors (Lipinski definition) is 6. The summed E-state index contributed by atoms with van der Waals surface area (Å²) in [5, 5.41) is 16.9. The Balaban J connectivity index is 1.72. The lowest BCUT2D eigenvalue weighted by atomic mass is 10.1. The third-order valence-corrected chi connectivity index (χ3v) is 3.36. The van der Waals surface area contributed by atoms with E-state index in [2.05, 4.69) is 20.3 Å². The minimum atomic E-state index is -2.93. The predicted octanol–water partition coefficient (Wildman–Crippen LogP) is 2.24. The molecule has 0 radical (unpaired) electrons. The van der Waals surface area contributed by atoms with E-state index in [0.29, 0.717) is 17.1 Å². The molecule has 2 aromatic heterocycles. The van der Waals surface area contributed by atoms with Gasteiger partial charge in [0.2, 0.25) is 0 Å². The van der Waals surface area contributed by atoms with E-state index in [9.17, 15) is 8.78 Å². The van der Waals surface area contributed by atoms with Crippen molar-refractivity contribution in [3.05, 3.63) is 59.7 Å². The highest BCUT2D eigenvalue weighted by Crippen LogP contribution is 2.28. The van der Waals surface area contributed by atoms with E-state index >= 15 is 0 Å². The normalized spacial score (nSPS) is 11.5. The fourth-order valence-electron chi connectivity index (χ4n) is 2.08. The van der Waals surface area contributed by atoms with Gasteiger partial charge in [-0.25, -0.2) is 18.4 Å². The molecule has 3 aromatic rings. The summed E-state index contributed by atoms with van der Waals surface area (Å²) in [6.07, 6.45) is 3.05. The van der Waals surface area contributed by atoms with E-state index in [4.69, 9.17) is 9.84 Å². The monoisotopic (exact) mass is 347 g/mol. The van der Waals surface area contributed by atoms with Crippen LogP contribution in [0.1, 0.15) is 23.9 Å². The van der Waals surface area contributed by atoms with Gasteiger partial charge in [-0.2, -0.15) is 4.98 Å². The van der Waals surface area contributed by atoms with Crippen LogP contribution in [0.3, 0.4) is 0 Å². The van der Waals surface area contributed by atoms with Crippen LogP contribution < -0.4 is 4.74 Å². The first kappa shape index (κ1) is 16.9. The summed E-state index contributed by atoms with van der Waals surface area (Å²) >= 11 is 0. The molecule has 25 heavy (non-hydrogen) atoms. The Morgan fingerprint density at radius 3 is 2.84 bits per heavy atom. The molecule has 1 N–H and O–H groups in total. The van der Waals surface area contributed by atoms with E-state index in [0.717, 1.165) is 6.92 Å². The number of ether oxygens (including phenoxy) is 1. The third kappa shape index (κ3) is 4.13. The molecule has 2 heterocycles. The summed E-state index contributed by atoms with van der Waals surface area (Å²) in [4.78, 5) is 7.91. The number of alkyl halides is 2. The summed E-state index contributed by atoms with van der Waals surface area (Å²) in [5.41, 5.74) is 1.28. The number of aliphatic hydroxyl groups excluding tert-OH is 1. The Bertz CT molecular complexity index is 863. The number of aromatic nitrogens is 5. The molecule has 3 rings (SSSR count). The summed E-state index contributed by atoms with van der Waals surface area (Å²) in [6, 6.07) is 7.58. The molecule has 0 atom stereocenters. The summed E-state index contributed by atoms with van der Waals surface area (Å²) in [7, 11) is 0. The average molecular weight is 347 g/mol. The van der Waals surface area contributed by atoms with Crippen LogP contribution in [0, 0.1) is 0 Å². The van der Waals surface area contributed by atoms with Gasteiger partial charge >= 0.3 is 6.01 Å². The molecule has 0 spiro atoms. The van der Waals surface area contributed by atoms with Gasteiger partial charge in [0.25, 0.3) is 5.92 Å². The Kier molecular flexibility index (Phi) is 4.66. The second-order valence-electron chi connectivity index (χ2n) is 5.37. The molecule has 130 valence electrons. The van der Waals surface area contributed by atoms with Gasteiger partial charge in [0, 0.05) is 18.7 Å². The molecule has 0 unspecified atom stereocenters. The second-order valence-corrected chi connectivity index (χ2v) is 5.37. The topological polar surface area (TPSA) is 86.0 Å². The van der Waals surface area contributed by atoms with Crippen molar-refractivity contribution in [2.45, 2.75) is 26.1 Å². The maximum Gasteiger partial charge on any atom is 0.317 e. The number of aliphatic hydroxyl groups is 1. The fraction of sp³-hybridized carbons (Fsp3) is 0.250. The number of rotatable bonds is 6. The van der Waals surface area contributed by atoms with Gasteiger partial charge in [-0.1, -0.05) is 17.3 Å². The largest absolute Gasteiger partial charge is 0.457 e. The molecule has 0 amide bonds. The van der Waals surface area contributed by atoms with Crippen LogP contribution in [0.4, 0.5) is 8.78 Å². The zero-order valence-electron chi connectivity index (χ0n) is 13.3. The lowest BCUT2D eigenvalue weighted by Crippen LogP contribution is -2.08. The Hall–Kier alpha value is -2.94. The van der Waals surface area contributed by atoms with Crippen LogP contribution in [-0.2, 0) is 19.1 Å². The Labute approximate surface area is 141 Å². The van der Waals surface area contributed by atoms with Crippen LogP contribution in [0.5, 0.6) is 6.01 Å². The molecule has 0 aliphatic carbocycles. The average Bonchev–Trinajstić information content (AvgIpc) is 3.09. The molecule has 0 saturated carbocycles. The molecule has 0 bridgehead atoms. The lowest BCUT2D eigenvalue weighted by Gasteiger charge is -2.11. The Morgan fingerprint density at radius 1 is 1.24 bits per heavy atom. The zero-order chi connectivity index (χ0) is 17.9. The predicted molar refractivity (Wildman–Crippen MR) is 83.2 cm³/mol. The van der Waals surface area contributed by atoms with Gasteiger partial charge in [-0.15, -0.1) is 5.10 Å². The zero-order valence-corrected chi connectivity index (χ0v) is 13.3. The van der Waals surface area contributed by atoms with E-state index in [-0.39, 0.29) is 24.8 Å². The van der Waals surface area contributed by atoms with Crippen molar-refractivity contribution in [1.82, 2.24) is 25.0 Å². The van der Waals surface area contributed by atoms with Gasteiger partial charge in [-0.3, -0.25) is 0 Å². The highest BCUT2D eigenvalue weighted by atomic mass is 19.3. The van der Waals surface area contributed by atoms with Gasteiger partial charge in [0.1, 0.15) is 12.3 Å². The maximum atomic E-state index is 13.4. The van der Waals surface area contributed by atoms with Crippen LogP contribution >= 0.6 is 0 Å². The smallest absolute Gasteiger partial charge is 0.317 e. The standard InChI is InChI=1S/C16H15F2N5O2/c1-16(17,18)11-3-2-4-14(7-11)23-8-13(21-22-23)10-25-15-19-6-5-12(9-24)20-15/h2-8,24H,9-10H2,1H3. The maximum absolute atomic E-state index is 13.4. The van der Waals surface area contributed by atoms with Crippen molar-refractivity contribution in [3.8, 4) is 11.7 Å². The minimum absolute atomic E-state index is 0.0541. The summed E-state index contributed by atoms with van der Waals surface area (Å²) < 4.78 is 33.6. The van der Waals surface area contributed by atoms with Crippen LogP contribution in [0.2, 0.25) is 0 Å². The summed E-state index contributed by atoms with van der Waals surface area (Å²) in [5.74, 6) is -2.93. The first-order valence-corrected chi connectivity index (χ1v) is 7.41. The lowest BCUT2D eigenvalue weighted by molar-refractivity contribution is 0.0174.